The van der Waals surface area contributed by atoms with E-state index in [0.29, 0.717) is 16.5 Å². The molecule has 0 saturated carbocycles. The minimum absolute atomic E-state index is 0.0893. The van der Waals surface area contributed by atoms with Gasteiger partial charge in [0.1, 0.15) is 0 Å². The molecule has 0 bridgehead atoms. The van der Waals surface area contributed by atoms with Crippen LogP contribution in [-0.4, -0.2) is 32.0 Å². The van der Waals surface area contributed by atoms with Crippen molar-refractivity contribution in [1.29, 1.82) is 0 Å². The van der Waals surface area contributed by atoms with E-state index in [1.54, 1.807) is 31.4 Å². The zero-order valence-electron chi connectivity index (χ0n) is 15.5. The standard InChI is InChI=1S/C20H20ClN3O4/c1-27-16-8-7-12(9-17(16)28-2)10-18(25)23-20-22-15(11-19(26)24-20)13-5-3-4-6-14(13)21/h3-9,15H,10-11H2,1-2H3,(H2,22,23,24,25,26)/t15-/m1/s1. The zero-order chi connectivity index (χ0) is 20.1. The predicted octanol–water partition coefficient (Wildman–Crippen LogP) is 2.63. The zero-order valence-corrected chi connectivity index (χ0v) is 16.2. The maximum atomic E-state index is 12.4. The molecule has 1 aliphatic heterocycles. The Hall–Kier alpha value is -3.06. The van der Waals surface area contributed by atoms with Crippen LogP contribution < -0.4 is 20.1 Å². The molecule has 2 aromatic rings. The Kier molecular flexibility index (Phi) is 6.16. The fourth-order valence-electron chi connectivity index (χ4n) is 2.93. The number of aliphatic imine (C=N–C) groups is 1. The summed E-state index contributed by atoms with van der Waals surface area (Å²) in [7, 11) is 3.08. The molecule has 0 aliphatic carbocycles. The quantitative estimate of drug-likeness (QED) is 0.806. The van der Waals surface area contributed by atoms with E-state index < -0.39 is 6.04 Å². The molecule has 0 radical (unpaired) electrons. The fraction of sp³-hybridized carbons (Fsp3) is 0.250. The van der Waals surface area contributed by atoms with Crippen molar-refractivity contribution in [2.45, 2.75) is 18.9 Å². The van der Waals surface area contributed by atoms with Gasteiger partial charge in [0.15, 0.2) is 11.5 Å². The number of guanidine groups is 1. The lowest BCUT2D eigenvalue weighted by molar-refractivity contribution is -0.120. The number of rotatable bonds is 5. The van der Waals surface area contributed by atoms with Crippen LogP contribution in [0.15, 0.2) is 47.5 Å². The molecule has 2 aromatic carbocycles. The number of hydrogen-bond acceptors (Lipinski definition) is 5. The molecule has 0 aromatic heterocycles. The summed E-state index contributed by atoms with van der Waals surface area (Å²) in [6, 6.07) is 12.0. The number of carbonyl (C=O) groups is 2. The Bertz CT molecular complexity index is 929. The van der Waals surface area contributed by atoms with Crippen molar-refractivity contribution in [2.24, 2.45) is 4.99 Å². The summed E-state index contributed by atoms with van der Waals surface area (Å²) in [4.78, 5) is 28.9. The molecule has 1 aliphatic rings. The number of nitrogens with one attached hydrogen (secondary N) is 2. The molecule has 146 valence electrons. The van der Waals surface area contributed by atoms with Gasteiger partial charge in [0.25, 0.3) is 0 Å². The molecule has 0 saturated heterocycles. The summed E-state index contributed by atoms with van der Waals surface area (Å²) in [5.41, 5.74) is 1.48. The number of benzene rings is 2. The van der Waals surface area contributed by atoms with Crippen LogP contribution in [0.25, 0.3) is 0 Å². The SMILES string of the molecule is COc1ccc(CC(=O)NC2=N[C@@H](c3ccccc3Cl)CC(=O)N2)cc1OC. The summed E-state index contributed by atoms with van der Waals surface area (Å²) in [6.45, 7) is 0. The van der Waals surface area contributed by atoms with Crippen molar-refractivity contribution in [2.75, 3.05) is 14.2 Å². The van der Waals surface area contributed by atoms with Gasteiger partial charge >= 0.3 is 0 Å². The Morgan fingerprint density at radius 2 is 1.96 bits per heavy atom. The molecule has 8 heteroatoms. The van der Waals surface area contributed by atoms with E-state index in [-0.39, 0.29) is 30.6 Å². The third-order valence-corrected chi connectivity index (χ3v) is 4.60. The largest absolute Gasteiger partial charge is 0.493 e. The van der Waals surface area contributed by atoms with Crippen LogP contribution >= 0.6 is 11.6 Å². The highest BCUT2D eigenvalue weighted by atomic mass is 35.5. The van der Waals surface area contributed by atoms with E-state index in [2.05, 4.69) is 15.6 Å². The van der Waals surface area contributed by atoms with E-state index in [0.717, 1.165) is 11.1 Å². The second-order valence-electron chi connectivity index (χ2n) is 6.18. The average Bonchev–Trinajstić information content (AvgIpc) is 2.67. The van der Waals surface area contributed by atoms with E-state index in [4.69, 9.17) is 21.1 Å². The molecular formula is C20H20ClN3O4. The minimum Gasteiger partial charge on any atom is -0.493 e. The van der Waals surface area contributed by atoms with Crippen molar-refractivity contribution in [3.8, 4) is 11.5 Å². The first-order valence-corrected chi connectivity index (χ1v) is 9.00. The van der Waals surface area contributed by atoms with Gasteiger partial charge in [0, 0.05) is 5.02 Å². The molecule has 2 amide bonds. The Labute approximate surface area is 167 Å². The van der Waals surface area contributed by atoms with Crippen LogP contribution in [-0.2, 0) is 16.0 Å². The normalized spacial score (nSPS) is 16.0. The van der Waals surface area contributed by atoms with Gasteiger partial charge in [-0.15, -0.1) is 0 Å². The molecule has 0 spiro atoms. The maximum absolute atomic E-state index is 12.4. The first-order valence-electron chi connectivity index (χ1n) is 8.63. The van der Waals surface area contributed by atoms with Crippen LogP contribution in [0.5, 0.6) is 11.5 Å². The van der Waals surface area contributed by atoms with Crippen LogP contribution in [0.4, 0.5) is 0 Å². The Morgan fingerprint density at radius 1 is 1.21 bits per heavy atom. The number of halogens is 1. The molecule has 1 heterocycles. The lowest BCUT2D eigenvalue weighted by Gasteiger charge is -2.22. The van der Waals surface area contributed by atoms with Crippen LogP contribution in [0, 0.1) is 0 Å². The van der Waals surface area contributed by atoms with Crippen molar-refractivity contribution in [3.05, 3.63) is 58.6 Å². The van der Waals surface area contributed by atoms with Gasteiger partial charge < -0.3 is 9.47 Å². The number of amides is 2. The van der Waals surface area contributed by atoms with Gasteiger partial charge in [-0.3, -0.25) is 20.2 Å². The molecule has 7 nitrogen and oxygen atoms in total. The topological polar surface area (TPSA) is 89.0 Å². The van der Waals surface area contributed by atoms with E-state index in [1.807, 2.05) is 18.2 Å². The lowest BCUT2D eigenvalue weighted by atomic mass is 10.0. The summed E-state index contributed by atoms with van der Waals surface area (Å²) in [5, 5.41) is 5.76. The average molecular weight is 402 g/mol. The highest BCUT2D eigenvalue weighted by Gasteiger charge is 2.25. The van der Waals surface area contributed by atoms with Gasteiger partial charge in [0.2, 0.25) is 17.8 Å². The summed E-state index contributed by atoms with van der Waals surface area (Å²) < 4.78 is 10.4. The molecule has 2 N–H and O–H groups in total. The first-order chi connectivity index (χ1) is 13.5. The van der Waals surface area contributed by atoms with Gasteiger partial charge in [-0.2, -0.15) is 0 Å². The highest BCUT2D eigenvalue weighted by molar-refractivity contribution is 6.31. The Balaban J connectivity index is 1.72. The highest BCUT2D eigenvalue weighted by Crippen LogP contribution is 2.30. The van der Waals surface area contributed by atoms with Crippen molar-refractivity contribution in [3.63, 3.8) is 0 Å². The molecular weight excluding hydrogens is 382 g/mol. The fourth-order valence-corrected chi connectivity index (χ4v) is 3.19. The number of hydrogen-bond donors (Lipinski definition) is 2. The van der Waals surface area contributed by atoms with E-state index in [1.165, 1.54) is 7.11 Å². The molecule has 0 unspecified atom stereocenters. The van der Waals surface area contributed by atoms with Gasteiger partial charge in [-0.05, 0) is 29.3 Å². The molecule has 0 fully saturated rings. The van der Waals surface area contributed by atoms with Crippen LogP contribution in [0.2, 0.25) is 5.02 Å². The van der Waals surface area contributed by atoms with Crippen molar-refractivity contribution in [1.82, 2.24) is 10.6 Å². The summed E-state index contributed by atoms with van der Waals surface area (Å²) in [5.74, 6) is 0.687. The third-order valence-electron chi connectivity index (χ3n) is 4.26. The smallest absolute Gasteiger partial charge is 0.231 e. The van der Waals surface area contributed by atoms with Gasteiger partial charge in [-0.25, -0.2) is 4.99 Å². The minimum atomic E-state index is -0.446. The second kappa shape index (κ2) is 8.75. The number of nitrogens with zero attached hydrogens (tertiary/aromatic N) is 1. The Morgan fingerprint density at radius 3 is 2.68 bits per heavy atom. The lowest BCUT2D eigenvalue weighted by Crippen LogP contribution is -2.47. The number of methoxy groups -OCH3 is 2. The van der Waals surface area contributed by atoms with Gasteiger partial charge in [0.05, 0.1) is 33.1 Å². The monoisotopic (exact) mass is 401 g/mol. The predicted molar refractivity (Wildman–Crippen MR) is 106 cm³/mol. The second-order valence-corrected chi connectivity index (χ2v) is 6.59. The van der Waals surface area contributed by atoms with Crippen LogP contribution in [0.1, 0.15) is 23.6 Å². The third kappa shape index (κ3) is 4.61. The summed E-state index contributed by atoms with van der Waals surface area (Å²) >= 11 is 6.21. The summed E-state index contributed by atoms with van der Waals surface area (Å²) in [6.07, 6.45) is 0.255. The molecule has 1 atom stereocenters. The van der Waals surface area contributed by atoms with Crippen LogP contribution in [0.3, 0.4) is 0 Å². The van der Waals surface area contributed by atoms with E-state index in [9.17, 15) is 9.59 Å². The van der Waals surface area contributed by atoms with E-state index >= 15 is 0 Å². The van der Waals surface area contributed by atoms with Crippen molar-refractivity contribution >= 4 is 29.4 Å². The maximum Gasteiger partial charge on any atom is 0.231 e. The molecule has 28 heavy (non-hydrogen) atoms. The number of ether oxygens (including phenoxy) is 2. The van der Waals surface area contributed by atoms with Gasteiger partial charge in [-0.1, -0.05) is 35.9 Å². The number of carbonyl (C=O) groups excluding carboxylic acids is 2. The van der Waals surface area contributed by atoms with Crippen molar-refractivity contribution < 1.29 is 19.1 Å². The molecule has 3 rings (SSSR count). The first kappa shape index (κ1) is 19.7.